The van der Waals surface area contributed by atoms with Gasteiger partial charge < -0.3 is 20.2 Å². The van der Waals surface area contributed by atoms with Crippen LogP contribution in [0, 0.1) is 11.8 Å². The molecule has 1 aliphatic carbocycles. The molecule has 0 aromatic heterocycles. The summed E-state index contributed by atoms with van der Waals surface area (Å²) in [5.74, 6) is -0.883. The maximum Gasteiger partial charge on any atom is 0.321 e. The highest BCUT2D eigenvalue weighted by Crippen LogP contribution is 2.32. The molecule has 5 amide bonds. The first-order chi connectivity index (χ1) is 16.9. The van der Waals surface area contributed by atoms with Crippen molar-refractivity contribution in [2.45, 2.75) is 63.8 Å². The zero-order valence-electron chi connectivity index (χ0n) is 20.3. The Morgan fingerprint density at radius 2 is 1.66 bits per heavy atom. The molecule has 3 aliphatic rings. The summed E-state index contributed by atoms with van der Waals surface area (Å²) in [7, 11) is 0. The molecule has 3 fully saturated rings. The van der Waals surface area contributed by atoms with E-state index < -0.39 is 23.9 Å². The number of amides is 5. The smallest absolute Gasteiger partial charge is 0.321 e. The van der Waals surface area contributed by atoms with Crippen LogP contribution in [0.5, 0.6) is 0 Å². The Balaban J connectivity index is 0.00000137. The van der Waals surface area contributed by atoms with Crippen molar-refractivity contribution >= 4 is 30.7 Å². The van der Waals surface area contributed by atoms with Crippen LogP contribution in [-0.2, 0) is 19.2 Å². The van der Waals surface area contributed by atoms with Gasteiger partial charge in [0.05, 0.1) is 12.5 Å². The second-order valence-electron chi connectivity index (χ2n) is 9.40. The lowest BCUT2D eigenvalue weighted by molar-refractivity contribution is -0.158. The summed E-state index contributed by atoms with van der Waals surface area (Å²) in [5.41, 5.74) is 0. The number of hydrogen-bond donors (Lipinski definition) is 4. The Morgan fingerprint density at radius 1 is 1.00 bits per heavy atom. The SMILES string of the molecule is O=CN(O)C[C@@H](CC1CCCC1)C(=O)N1CCC[C@H]1C(=O)NC(=O)NCCN1CCCC1.O=CO. The molecular weight excluding hydrogens is 458 g/mol. The lowest BCUT2D eigenvalue weighted by Crippen LogP contribution is -2.52. The van der Waals surface area contributed by atoms with Crippen LogP contribution in [0.1, 0.15) is 57.8 Å². The van der Waals surface area contributed by atoms with Gasteiger partial charge in [-0.3, -0.25) is 29.7 Å². The van der Waals surface area contributed by atoms with Crippen LogP contribution in [0.4, 0.5) is 4.79 Å². The van der Waals surface area contributed by atoms with Crippen LogP contribution in [0.25, 0.3) is 0 Å². The number of carbonyl (C=O) groups is 5. The number of nitrogens with one attached hydrogen (secondary N) is 2. The summed E-state index contributed by atoms with van der Waals surface area (Å²) in [6, 6.07) is -1.25. The standard InChI is InChI=1S/C22H37N5O5.CH2O2/c28-16-26(32)15-18(14-17-6-1-2-7-17)21(30)27-12-5-8-19(27)20(29)24-22(31)23-9-13-25-10-3-4-11-25;2-1-3/h16-19,32H,1-15H2,(H2,23,24,29,31);1H,(H,2,3)/t18-,19+;/m1./s1. The van der Waals surface area contributed by atoms with Gasteiger partial charge in [0, 0.05) is 19.6 Å². The first-order valence-electron chi connectivity index (χ1n) is 12.5. The predicted molar refractivity (Wildman–Crippen MR) is 125 cm³/mol. The minimum atomic E-state index is -0.707. The van der Waals surface area contributed by atoms with Crippen molar-refractivity contribution in [3.8, 4) is 0 Å². The molecule has 2 saturated heterocycles. The number of hydroxylamine groups is 2. The van der Waals surface area contributed by atoms with Gasteiger partial charge in [-0.15, -0.1) is 0 Å². The van der Waals surface area contributed by atoms with Gasteiger partial charge in [0.15, 0.2) is 0 Å². The second-order valence-corrected chi connectivity index (χ2v) is 9.40. The number of carboxylic acid groups (broad SMARTS) is 1. The lowest BCUT2D eigenvalue weighted by atomic mass is 9.91. The molecule has 35 heavy (non-hydrogen) atoms. The molecule has 2 heterocycles. The van der Waals surface area contributed by atoms with E-state index in [0.717, 1.165) is 45.3 Å². The molecule has 0 radical (unpaired) electrons. The molecule has 3 rings (SSSR count). The molecule has 12 nitrogen and oxygen atoms in total. The summed E-state index contributed by atoms with van der Waals surface area (Å²) in [6.07, 6.45) is 8.75. The van der Waals surface area contributed by atoms with Crippen molar-refractivity contribution in [1.82, 2.24) is 25.5 Å². The van der Waals surface area contributed by atoms with E-state index in [1.807, 2.05) is 0 Å². The highest BCUT2D eigenvalue weighted by Gasteiger charge is 2.39. The molecule has 0 aromatic carbocycles. The maximum atomic E-state index is 13.3. The number of urea groups is 1. The number of hydrogen-bond acceptors (Lipinski definition) is 7. The number of imide groups is 1. The minimum absolute atomic E-state index is 0.0827. The summed E-state index contributed by atoms with van der Waals surface area (Å²) in [4.78, 5) is 61.3. The van der Waals surface area contributed by atoms with Gasteiger partial charge in [-0.2, -0.15) is 0 Å². The Kier molecular flexibility index (Phi) is 12.5. The highest BCUT2D eigenvalue weighted by atomic mass is 16.5. The highest BCUT2D eigenvalue weighted by molar-refractivity contribution is 5.99. The second kappa shape index (κ2) is 15.3. The molecule has 2 atom stereocenters. The van der Waals surface area contributed by atoms with Gasteiger partial charge in [0.1, 0.15) is 6.04 Å². The molecule has 1 saturated carbocycles. The van der Waals surface area contributed by atoms with E-state index in [1.165, 1.54) is 17.7 Å². The molecule has 4 N–H and O–H groups in total. The lowest BCUT2D eigenvalue weighted by Gasteiger charge is -2.30. The molecule has 12 heteroatoms. The van der Waals surface area contributed by atoms with Gasteiger partial charge in [0.2, 0.25) is 12.3 Å². The zero-order valence-corrected chi connectivity index (χ0v) is 20.3. The summed E-state index contributed by atoms with van der Waals surface area (Å²) in [6.45, 7) is 3.40. The third-order valence-electron chi connectivity index (χ3n) is 6.96. The molecule has 0 spiro atoms. The van der Waals surface area contributed by atoms with E-state index >= 15 is 0 Å². The molecule has 0 bridgehead atoms. The average Bonchev–Trinajstić information content (AvgIpc) is 3.61. The van der Waals surface area contributed by atoms with Crippen molar-refractivity contribution in [3.05, 3.63) is 0 Å². The Morgan fingerprint density at radius 3 is 2.29 bits per heavy atom. The number of likely N-dealkylation sites (tertiary alicyclic amines) is 2. The third kappa shape index (κ3) is 9.44. The summed E-state index contributed by atoms with van der Waals surface area (Å²) < 4.78 is 0. The molecule has 2 aliphatic heterocycles. The van der Waals surface area contributed by atoms with E-state index in [9.17, 15) is 24.4 Å². The first kappa shape index (κ1) is 28.5. The number of nitrogens with zero attached hydrogens (tertiary/aromatic N) is 3. The van der Waals surface area contributed by atoms with Gasteiger partial charge in [-0.25, -0.2) is 9.86 Å². The minimum Gasteiger partial charge on any atom is -0.483 e. The van der Waals surface area contributed by atoms with Crippen molar-refractivity contribution in [2.24, 2.45) is 11.8 Å². The predicted octanol–water partition coefficient (Wildman–Crippen LogP) is 0.644. The molecule has 198 valence electrons. The van der Waals surface area contributed by atoms with E-state index in [2.05, 4.69) is 15.5 Å². The molecule has 0 aromatic rings. The van der Waals surface area contributed by atoms with Crippen LogP contribution < -0.4 is 10.6 Å². The van der Waals surface area contributed by atoms with Gasteiger partial charge in [-0.1, -0.05) is 25.7 Å². The Hall–Kier alpha value is -2.73. The fourth-order valence-electron chi connectivity index (χ4n) is 5.28. The van der Waals surface area contributed by atoms with E-state index in [1.54, 1.807) is 0 Å². The van der Waals surface area contributed by atoms with Crippen molar-refractivity contribution in [2.75, 3.05) is 39.3 Å². The fraction of sp³-hybridized carbons (Fsp3) is 0.783. The van der Waals surface area contributed by atoms with E-state index in [4.69, 9.17) is 9.90 Å². The quantitative estimate of drug-likeness (QED) is 0.194. The Bertz CT molecular complexity index is 710. The maximum absolute atomic E-state index is 13.3. The van der Waals surface area contributed by atoms with Crippen LogP contribution in [-0.4, -0.2) is 101 Å². The Labute approximate surface area is 205 Å². The third-order valence-corrected chi connectivity index (χ3v) is 6.96. The number of carbonyl (C=O) groups excluding carboxylic acids is 4. The zero-order chi connectivity index (χ0) is 25.6. The summed E-state index contributed by atoms with van der Waals surface area (Å²) >= 11 is 0. The number of rotatable bonds is 10. The van der Waals surface area contributed by atoms with Gasteiger partial charge in [-0.05, 0) is 51.1 Å². The first-order valence-corrected chi connectivity index (χ1v) is 12.5. The average molecular weight is 498 g/mol. The van der Waals surface area contributed by atoms with Crippen LogP contribution in [0.15, 0.2) is 0 Å². The topological polar surface area (TPSA) is 160 Å². The summed E-state index contributed by atoms with van der Waals surface area (Å²) in [5, 5.41) is 22.2. The van der Waals surface area contributed by atoms with Crippen LogP contribution in [0.3, 0.4) is 0 Å². The molecule has 0 unspecified atom stereocenters. The fourth-order valence-corrected chi connectivity index (χ4v) is 5.28. The van der Waals surface area contributed by atoms with Gasteiger partial charge in [0.25, 0.3) is 12.4 Å². The van der Waals surface area contributed by atoms with E-state index in [0.29, 0.717) is 49.7 Å². The van der Waals surface area contributed by atoms with Crippen LogP contribution in [0.2, 0.25) is 0 Å². The van der Waals surface area contributed by atoms with Gasteiger partial charge >= 0.3 is 6.03 Å². The van der Waals surface area contributed by atoms with Crippen molar-refractivity contribution < 1.29 is 34.3 Å². The monoisotopic (exact) mass is 497 g/mol. The van der Waals surface area contributed by atoms with Crippen molar-refractivity contribution in [1.29, 1.82) is 0 Å². The van der Waals surface area contributed by atoms with Crippen molar-refractivity contribution in [3.63, 3.8) is 0 Å². The van der Waals surface area contributed by atoms with E-state index in [-0.39, 0.29) is 18.9 Å². The largest absolute Gasteiger partial charge is 0.483 e. The molecular formula is C23H39N5O7. The van der Waals surface area contributed by atoms with Crippen LogP contribution >= 0.6 is 0 Å². The normalized spacial score (nSPS) is 21.1.